The quantitative estimate of drug-likeness (QED) is 0.596. The summed E-state index contributed by atoms with van der Waals surface area (Å²) in [6.07, 6.45) is 5.46. The summed E-state index contributed by atoms with van der Waals surface area (Å²) < 4.78 is 11.7. The molecule has 0 aliphatic rings. The fourth-order valence-corrected chi connectivity index (χ4v) is 1.76. The Hall–Kier alpha value is -1.18. The van der Waals surface area contributed by atoms with Crippen molar-refractivity contribution >= 4 is 0 Å². The average molecular weight is 250 g/mol. The number of ether oxygens (including phenoxy) is 2. The lowest BCUT2D eigenvalue weighted by Gasteiger charge is -2.15. The largest absolute Gasteiger partial charge is 0.490 e. The van der Waals surface area contributed by atoms with E-state index in [0.29, 0.717) is 0 Å². The first-order valence-electron chi connectivity index (χ1n) is 7.20. The lowest BCUT2D eigenvalue weighted by molar-refractivity contribution is 0.260. The van der Waals surface area contributed by atoms with Crippen molar-refractivity contribution in [3.63, 3.8) is 0 Å². The van der Waals surface area contributed by atoms with Crippen molar-refractivity contribution in [3.8, 4) is 11.5 Å². The smallest absolute Gasteiger partial charge is 0.164 e. The minimum atomic E-state index is 0.772. The van der Waals surface area contributed by atoms with Gasteiger partial charge >= 0.3 is 0 Å². The third-order valence-corrected chi connectivity index (χ3v) is 2.94. The fraction of sp³-hybridized carbons (Fsp3) is 0.625. The Kier molecular flexibility index (Phi) is 7.31. The van der Waals surface area contributed by atoms with Gasteiger partial charge in [0.25, 0.3) is 0 Å². The highest BCUT2D eigenvalue weighted by molar-refractivity contribution is 5.46. The molecule has 0 saturated heterocycles. The maximum absolute atomic E-state index is 5.91. The third kappa shape index (κ3) is 4.59. The minimum Gasteiger partial charge on any atom is -0.490 e. The van der Waals surface area contributed by atoms with Gasteiger partial charge < -0.3 is 9.47 Å². The summed E-state index contributed by atoms with van der Waals surface area (Å²) in [4.78, 5) is 0. The van der Waals surface area contributed by atoms with E-state index in [4.69, 9.17) is 9.47 Å². The predicted molar refractivity (Wildman–Crippen MR) is 76.6 cm³/mol. The molecule has 0 spiro atoms. The monoisotopic (exact) mass is 250 g/mol. The molecule has 102 valence electrons. The van der Waals surface area contributed by atoms with Crippen LogP contribution in [0.3, 0.4) is 0 Å². The van der Waals surface area contributed by atoms with Crippen molar-refractivity contribution in [3.05, 3.63) is 23.8 Å². The van der Waals surface area contributed by atoms with Crippen molar-refractivity contribution < 1.29 is 9.47 Å². The van der Waals surface area contributed by atoms with Crippen molar-refractivity contribution in [1.29, 1.82) is 0 Å². The second-order valence-corrected chi connectivity index (χ2v) is 4.50. The van der Waals surface area contributed by atoms with E-state index in [1.165, 1.54) is 5.56 Å². The molecule has 0 aliphatic carbocycles. The first-order chi connectivity index (χ1) is 8.83. The SMILES string of the molecule is CCCCOc1cccc(CC)c1OCCCC. The van der Waals surface area contributed by atoms with Gasteiger partial charge in [-0.15, -0.1) is 0 Å². The first-order valence-corrected chi connectivity index (χ1v) is 7.20. The lowest BCUT2D eigenvalue weighted by atomic mass is 10.1. The molecule has 0 fully saturated rings. The van der Waals surface area contributed by atoms with E-state index in [1.807, 2.05) is 12.1 Å². The van der Waals surface area contributed by atoms with Gasteiger partial charge in [-0.25, -0.2) is 0 Å². The van der Waals surface area contributed by atoms with Crippen LogP contribution in [0.25, 0.3) is 0 Å². The Bertz CT molecular complexity index is 334. The van der Waals surface area contributed by atoms with Crippen LogP contribution in [0, 0.1) is 0 Å². The normalized spacial score (nSPS) is 10.4. The first kappa shape index (κ1) is 14.9. The van der Waals surface area contributed by atoms with Crippen molar-refractivity contribution in [2.75, 3.05) is 13.2 Å². The van der Waals surface area contributed by atoms with Gasteiger partial charge in [0.15, 0.2) is 11.5 Å². The average Bonchev–Trinajstić information content (AvgIpc) is 2.40. The lowest BCUT2D eigenvalue weighted by Crippen LogP contribution is -2.04. The molecule has 0 radical (unpaired) electrons. The van der Waals surface area contributed by atoms with Gasteiger partial charge in [0.2, 0.25) is 0 Å². The summed E-state index contributed by atoms with van der Waals surface area (Å²) in [6.45, 7) is 8.04. The van der Waals surface area contributed by atoms with Gasteiger partial charge in [-0.2, -0.15) is 0 Å². The van der Waals surface area contributed by atoms with Gasteiger partial charge in [-0.1, -0.05) is 45.7 Å². The van der Waals surface area contributed by atoms with Gasteiger partial charge in [0.05, 0.1) is 13.2 Å². The molecule has 1 rings (SSSR count). The van der Waals surface area contributed by atoms with Crippen molar-refractivity contribution in [2.24, 2.45) is 0 Å². The molecule has 2 nitrogen and oxygen atoms in total. The summed E-state index contributed by atoms with van der Waals surface area (Å²) in [5.74, 6) is 1.85. The van der Waals surface area contributed by atoms with Gasteiger partial charge in [-0.3, -0.25) is 0 Å². The summed E-state index contributed by atoms with van der Waals surface area (Å²) in [7, 11) is 0. The molecule has 0 unspecified atom stereocenters. The Labute approximate surface area is 111 Å². The molecular formula is C16H26O2. The number of para-hydroxylation sites is 1. The van der Waals surface area contributed by atoms with Crippen LogP contribution in [0.1, 0.15) is 52.0 Å². The second kappa shape index (κ2) is 8.84. The molecule has 1 aromatic carbocycles. The molecule has 0 atom stereocenters. The molecule has 0 aromatic heterocycles. The maximum atomic E-state index is 5.91. The Morgan fingerprint density at radius 2 is 1.56 bits per heavy atom. The van der Waals surface area contributed by atoms with Gasteiger partial charge in [-0.05, 0) is 30.9 Å². The van der Waals surface area contributed by atoms with Gasteiger partial charge in [0.1, 0.15) is 0 Å². The molecule has 0 aliphatic heterocycles. The molecule has 0 bridgehead atoms. The number of unbranched alkanes of at least 4 members (excludes halogenated alkanes) is 2. The van der Waals surface area contributed by atoms with E-state index in [-0.39, 0.29) is 0 Å². The maximum Gasteiger partial charge on any atom is 0.164 e. The highest BCUT2D eigenvalue weighted by Crippen LogP contribution is 2.32. The zero-order valence-electron chi connectivity index (χ0n) is 12.0. The predicted octanol–water partition coefficient (Wildman–Crippen LogP) is 4.61. The van der Waals surface area contributed by atoms with E-state index in [0.717, 1.165) is 56.8 Å². The van der Waals surface area contributed by atoms with Crippen molar-refractivity contribution in [2.45, 2.75) is 52.9 Å². The van der Waals surface area contributed by atoms with E-state index in [2.05, 4.69) is 26.8 Å². The zero-order chi connectivity index (χ0) is 13.2. The summed E-state index contributed by atoms with van der Waals surface area (Å²) in [5.41, 5.74) is 1.24. The number of benzene rings is 1. The minimum absolute atomic E-state index is 0.772. The van der Waals surface area contributed by atoms with Crippen LogP contribution in [0.2, 0.25) is 0 Å². The highest BCUT2D eigenvalue weighted by Gasteiger charge is 2.09. The molecule has 1 aromatic rings. The number of aryl methyl sites for hydroxylation is 1. The molecular weight excluding hydrogens is 224 g/mol. The molecule has 0 N–H and O–H groups in total. The van der Waals surface area contributed by atoms with Gasteiger partial charge in [0, 0.05) is 0 Å². The Balaban J connectivity index is 2.72. The number of rotatable bonds is 9. The van der Waals surface area contributed by atoms with Crippen LogP contribution in [-0.2, 0) is 6.42 Å². The third-order valence-electron chi connectivity index (χ3n) is 2.94. The van der Waals surface area contributed by atoms with E-state index < -0.39 is 0 Å². The van der Waals surface area contributed by atoms with Crippen LogP contribution in [0.5, 0.6) is 11.5 Å². The van der Waals surface area contributed by atoms with E-state index in [9.17, 15) is 0 Å². The van der Waals surface area contributed by atoms with Crippen LogP contribution >= 0.6 is 0 Å². The molecule has 0 heterocycles. The zero-order valence-corrected chi connectivity index (χ0v) is 12.0. The molecule has 18 heavy (non-hydrogen) atoms. The Morgan fingerprint density at radius 3 is 2.17 bits per heavy atom. The Morgan fingerprint density at radius 1 is 0.889 bits per heavy atom. The number of hydrogen-bond acceptors (Lipinski definition) is 2. The van der Waals surface area contributed by atoms with Crippen LogP contribution in [0.15, 0.2) is 18.2 Å². The van der Waals surface area contributed by atoms with Crippen LogP contribution < -0.4 is 9.47 Å². The fourth-order valence-electron chi connectivity index (χ4n) is 1.76. The molecule has 2 heteroatoms. The topological polar surface area (TPSA) is 18.5 Å². The highest BCUT2D eigenvalue weighted by atomic mass is 16.5. The van der Waals surface area contributed by atoms with E-state index in [1.54, 1.807) is 0 Å². The van der Waals surface area contributed by atoms with E-state index >= 15 is 0 Å². The molecule has 0 amide bonds. The van der Waals surface area contributed by atoms with Crippen LogP contribution in [-0.4, -0.2) is 13.2 Å². The molecule has 0 saturated carbocycles. The summed E-state index contributed by atoms with van der Waals surface area (Å²) in [6, 6.07) is 6.18. The summed E-state index contributed by atoms with van der Waals surface area (Å²) in [5, 5.41) is 0. The summed E-state index contributed by atoms with van der Waals surface area (Å²) >= 11 is 0. The standard InChI is InChI=1S/C16H26O2/c1-4-7-12-17-15-11-9-10-14(6-3)16(15)18-13-8-5-2/h9-11H,4-8,12-13H2,1-3H3. The van der Waals surface area contributed by atoms with Crippen LogP contribution in [0.4, 0.5) is 0 Å². The van der Waals surface area contributed by atoms with Crippen molar-refractivity contribution in [1.82, 2.24) is 0 Å². The number of hydrogen-bond donors (Lipinski definition) is 0. The second-order valence-electron chi connectivity index (χ2n) is 4.50.